The Hall–Kier alpha value is -7.90. The van der Waals surface area contributed by atoms with Crippen molar-refractivity contribution >= 4 is 103 Å². The fraction of sp³-hybridized carbons (Fsp3) is 0.0794. The van der Waals surface area contributed by atoms with Gasteiger partial charge in [-0.3, -0.25) is 4.57 Å². The molecule has 0 radical (unpaired) electrons. The number of aromatic nitrogens is 3. The third kappa shape index (κ3) is 5.56. The molecule has 326 valence electrons. The Kier molecular flexibility index (Phi) is 8.25. The quantitative estimate of drug-likeness (QED) is 0.172. The smallest absolute Gasteiger partial charge is 0.235 e. The Balaban J connectivity index is 1.08. The summed E-state index contributed by atoms with van der Waals surface area (Å²) in [5.74, 6) is 0.686. The van der Waals surface area contributed by atoms with Crippen molar-refractivity contribution in [2.75, 3.05) is 4.90 Å². The number of para-hydroxylation sites is 3. The van der Waals surface area contributed by atoms with E-state index in [1.807, 2.05) is 22.7 Å². The van der Waals surface area contributed by atoms with Gasteiger partial charge < -0.3 is 4.90 Å². The third-order valence-electron chi connectivity index (χ3n) is 15.1. The minimum atomic E-state index is -0.148. The zero-order chi connectivity index (χ0) is 45.5. The predicted molar refractivity (Wildman–Crippen MR) is 293 cm³/mol. The normalized spacial score (nSPS) is 13.7. The molecule has 69 heavy (non-hydrogen) atoms. The monoisotopic (exact) mass is 918 g/mol. The van der Waals surface area contributed by atoms with Crippen LogP contribution < -0.4 is 4.90 Å². The number of hydrogen-bond donors (Lipinski definition) is 0. The second-order valence-corrected chi connectivity index (χ2v) is 21.3. The zero-order valence-electron chi connectivity index (χ0n) is 38.0. The van der Waals surface area contributed by atoms with E-state index in [9.17, 15) is 0 Å². The largest absolute Gasteiger partial charge is 0.310 e. The lowest BCUT2D eigenvalue weighted by Gasteiger charge is -2.25. The zero-order valence-corrected chi connectivity index (χ0v) is 39.6. The van der Waals surface area contributed by atoms with Gasteiger partial charge in [-0.05, 0) is 113 Å². The molecule has 9 aromatic carbocycles. The molecule has 13 aromatic rings. The van der Waals surface area contributed by atoms with Gasteiger partial charge in [0, 0.05) is 84.9 Å². The molecule has 4 heterocycles. The second-order valence-electron chi connectivity index (χ2n) is 19.1. The highest BCUT2D eigenvalue weighted by Gasteiger charge is 2.36. The summed E-state index contributed by atoms with van der Waals surface area (Å²) in [6, 6.07) is 71.1. The Morgan fingerprint density at radius 2 is 1.17 bits per heavy atom. The van der Waals surface area contributed by atoms with Crippen LogP contribution in [0.1, 0.15) is 35.4 Å². The molecule has 0 saturated heterocycles. The van der Waals surface area contributed by atoms with Crippen molar-refractivity contribution in [1.29, 1.82) is 0 Å². The summed E-state index contributed by atoms with van der Waals surface area (Å²) in [5, 5.41) is 7.51. The van der Waals surface area contributed by atoms with Crippen LogP contribution >= 0.6 is 22.7 Å². The maximum absolute atomic E-state index is 5.79. The minimum absolute atomic E-state index is 0.148. The molecule has 4 nitrogen and oxygen atoms in total. The topological polar surface area (TPSA) is 34.0 Å². The van der Waals surface area contributed by atoms with Gasteiger partial charge in [0.2, 0.25) is 5.95 Å². The van der Waals surface area contributed by atoms with Crippen molar-refractivity contribution in [3.8, 4) is 39.5 Å². The number of hydrogen-bond acceptors (Lipinski definition) is 5. The minimum Gasteiger partial charge on any atom is -0.310 e. The van der Waals surface area contributed by atoms with Crippen LogP contribution in [0.4, 0.5) is 17.1 Å². The van der Waals surface area contributed by atoms with Crippen LogP contribution in [0.5, 0.6) is 0 Å². The molecular formula is C63H42N4S2. The summed E-state index contributed by atoms with van der Waals surface area (Å²) < 4.78 is 6.39. The van der Waals surface area contributed by atoms with Crippen molar-refractivity contribution in [2.24, 2.45) is 0 Å². The fourth-order valence-corrected chi connectivity index (χ4v) is 14.5. The first kappa shape index (κ1) is 39.1. The Morgan fingerprint density at radius 3 is 1.97 bits per heavy atom. The average molecular weight is 919 g/mol. The lowest BCUT2D eigenvalue weighted by molar-refractivity contribution is 0.660. The first-order chi connectivity index (χ1) is 34.0. The SMILES string of the molecule is CC1(C)c2ccccc2-c2ccc(-c3nc(-n4c5ccc(N(c6ccccc6)c6ccccc6)cc5c5c6sc7ccccc7c6c6c(c54)CCc4sc5ccccc5c4-6)nc4ccccc34)cc21. The molecule has 2 aliphatic rings. The maximum atomic E-state index is 5.79. The molecule has 0 amide bonds. The maximum Gasteiger partial charge on any atom is 0.235 e. The van der Waals surface area contributed by atoms with Gasteiger partial charge in [-0.1, -0.05) is 141 Å². The van der Waals surface area contributed by atoms with Gasteiger partial charge >= 0.3 is 0 Å². The average Bonchev–Trinajstić information content (AvgIpc) is 4.13. The van der Waals surface area contributed by atoms with Gasteiger partial charge in [0.15, 0.2) is 0 Å². The molecule has 0 aliphatic heterocycles. The van der Waals surface area contributed by atoms with Crippen LogP contribution in [0.3, 0.4) is 0 Å². The van der Waals surface area contributed by atoms with Crippen molar-refractivity contribution in [1.82, 2.24) is 14.5 Å². The number of aryl methyl sites for hydroxylation is 2. The molecule has 2 aliphatic carbocycles. The van der Waals surface area contributed by atoms with Gasteiger partial charge in [-0.25, -0.2) is 9.97 Å². The van der Waals surface area contributed by atoms with Crippen molar-refractivity contribution in [3.05, 3.63) is 216 Å². The number of benzene rings is 9. The van der Waals surface area contributed by atoms with E-state index < -0.39 is 0 Å². The van der Waals surface area contributed by atoms with E-state index >= 15 is 0 Å². The molecular weight excluding hydrogens is 877 g/mol. The van der Waals surface area contributed by atoms with E-state index in [4.69, 9.17) is 9.97 Å². The highest BCUT2D eigenvalue weighted by molar-refractivity contribution is 7.27. The van der Waals surface area contributed by atoms with E-state index in [0.717, 1.165) is 57.6 Å². The third-order valence-corrected chi connectivity index (χ3v) is 17.5. The molecule has 0 saturated carbocycles. The Labute approximate surface area is 407 Å². The van der Waals surface area contributed by atoms with E-state index in [1.54, 1.807) is 0 Å². The summed E-state index contributed by atoms with van der Waals surface area (Å²) in [5.41, 5.74) is 17.9. The highest BCUT2D eigenvalue weighted by Crippen LogP contribution is 2.56. The molecule has 0 bridgehead atoms. The standard InChI is InChI=1S/C63H42N4S2/c1-63(2)48-25-13-9-21-41(48)42-31-29-37(35-49(42)63)59-43-22-10-14-26-50(43)64-62(65-59)67-51-33-30-40(66(38-17-5-3-6-18-38)39-19-7-4-8-20-39)36-47(51)58-60(67)46-32-34-54-55(44-23-11-15-27-52(44)68-54)56(46)57-45-24-12-16-28-53(45)69-61(57)58/h3-31,33,35-36H,32,34H2,1-2H3. The van der Waals surface area contributed by atoms with E-state index in [1.165, 1.54) is 90.4 Å². The van der Waals surface area contributed by atoms with Crippen molar-refractivity contribution in [3.63, 3.8) is 0 Å². The van der Waals surface area contributed by atoms with Gasteiger partial charge in [-0.15, -0.1) is 22.7 Å². The Morgan fingerprint density at radius 1 is 0.507 bits per heavy atom. The molecule has 0 unspecified atom stereocenters. The Bertz CT molecular complexity index is 4250. The summed E-state index contributed by atoms with van der Waals surface area (Å²) in [7, 11) is 0. The first-order valence-corrected chi connectivity index (χ1v) is 25.5. The van der Waals surface area contributed by atoms with Gasteiger partial charge in [0.25, 0.3) is 0 Å². The van der Waals surface area contributed by atoms with Crippen LogP contribution in [0, 0.1) is 0 Å². The molecule has 0 atom stereocenters. The lowest BCUT2D eigenvalue weighted by atomic mass is 9.82. The predicted octanol–water partition coefficient (Wildman–Crippen LogP) is 17.5. The lowest BCUT2D eigenvalue weighted by Crippen LogP contribution is -2.15. The summed E-state index contributed by atoms with van der Waals surface area (Å²) >= 11 is 3.88. The van der Waals surface area contributed by atoms with Crippen LogP contribution in [-0.2, 0) is 18.3 Å². The number of anilines is 3. The van der Waals surface area contributed by atoms with Crippen LogP contribution in [-0.4, -0.2) is 14.5 Å². The van der Waals surface area contributed by atoms with Crippen LogP contribution in [0.25, 0.3) is 102 Å². The number of nitrogens with zero attached hydrogens (tertiary/aromatic N) is 4. The molecule has 0 N–H and O–H groups in total. The van der Waals surface area contributed by atoms with Crippen molar-refractivity contribution in [2.45, 2.75) is 32.1 Å². The molecule has 15 rings (SSSR count). The van der Waals surface area contributed by atoms with Crippen LogP contribution in [0.15, 0.2) is 194 Å². The van der Waals surface area contributed by atoms with Gasteiger partial charge in [0.05, 0.1) is 22.2 Å². The number of fused-ring (bicyclic) bond motifs is 18. The highest BCUT2D eigenvalue weighted by atomic mass is 32.1. The fourth-order valence-electron chi connectivity index (χ4n) is 12.0. The van der Waals surface area contributed by atoms with Gasteiger partial charge in [-0.2, -0.15) is 0 Å². The summed E-state index contributed by atoms with van der Waals surface area (Å²) in [6.45, 7) is 4.71. The molecule has 6 heteroatoms. The summed E-state index contributed by atoms with van der Waals surface area (Å²) in [6.07, 6.45) is 1.89. The first-order valence-electron chi connectivity index (χ1n) is 23.9. The van der Waals surface area contributed by atoms with Gasteiger partial charge in [0.1, 0.15) is 0 Å². The molecule has 0 spiro atoms. The molecule has 4 aromatic heterocycles. The van der Waals surface area contributed by atoms with Crippen LogP contribution in [0.2, 0.25) is 0 Å². The number of rotatable bonds is 5. The van der Waals surface area contributed by atoms with Crippen molar-refractivity contribution < 1.29 is 0 Å². The second kappa shape index (κ2) is 14.6. The van der Waals surface area contributed by atoms with E-state index in [0.29, 0.717) is 5.95 Å². The van der Waals surface area contributed by atoms with E-state index in [2.05, 4.69) is 217 Å². The molecule has 0 fully saturated rings. The number of thiophene rings is 2. The summed E-state index contributed by atoms with van der Waals surface area (Å²) in [4.78, 5) is 15.2. The van der Waals surface area contributed by atoms with E-state index in [-0.39, 0.29) is 5.41 Å².